The summed E-state index contributed by atoms with van der Waals surface area (Å²) in [7, 11) is 0. The summed E-state index contributed by atoms with van der Waals surface area (Å²) in [5.41, 5.74) is 10.5. The molecule has 0 aromatic rings. The summed E-state index contributed by atoms with van der Waals surface area (Å²) >= 11 is 0. The minimum absolute atomic E-state index is 0.108. The number of urea groups is 1. The summed E-state index contributed by atoms with van der Waals surface area (Å²) in [5.74, 6) is 0.277. The number of carbonyl (C=O) groups is 2. The second kappa shape index (κ2) is 6.44. The van der Waals surface area contributed by atoms with E-state index in [-0.39, 0.29) is 11.8 Å². The molecule has 1 saturated heterocycles. The summed E-state index contributed by atoms with van der Waals surface area (Å²) in [6.45, 7) is 4.23. The van der Waals surface area contributed by atoms with E-state index in [1.807, 2.05) is 11.8 Å². The monoisotopic (exact) mass is 242 g/mol. The van der Waals surface area contributed by atoms with Crippen LogP contribution in [0.25, 0.3) is 0 Å². The Morgan fingerprint density at radius 1 is 1.53 bits per heavy atom. The highest BCUT2D eigenvalue weighted by Gasteiger charge is 2.26. The topological polar surface area (TPSA) is 101 Å². The van der Waals surface area contributed by atoms with Crippen LogP contribution >= 0.6 is 0 Å². The van der Waals surface area contributed by atoms with Crippen molar-refractivity contribution in [2.75, 3.05) is 26.2 Å². The highest BCUT2D eigenvalue weighted by molar-refractivity contribution is 5.78. The van der Waals surface area contributed by atoms with E-state index in [1.165, 1.54) is 0 Å². The van der Waals surface area contributed by atoms with Crippen LogP contribution in [0.1, 0.15) is 19.8 Å². The van der Waals surface area contributed by atoms with Crippen LogP contribution in [0.15, 0.2) is 0 Å². The third-order valence-electron chi connectivity index (χ3n) is 3.17. The average molecular weight is 242 g/mol. The molecule has 6 heteroatoms. The van der Waals surface area contributed by atoms with E-state index in [1.54, 1.807) is 0 Å². The molecule has 2 unspecified atom stereocenters. The van der Waals surface area contributed by atoms with Crippen molar-refractivity contribution in [2.24, 2.45) is 23.3 Å². The zero-order chi connectivity index (χ0) is 12.8. The number of amides is 3. The summed E-state index contributed by atoms with van der Waals surface area (Å²) in [6.07, 6.45) is 1.98. The van der Waals surface area contributed by atoms with Crippen LogP contribution in [0.5, 0.6) is 0 Å². The van der Waals surface area contributed by atoms with Gasteiger partial charge in [0.1, 0.15) is 0 Å². The van der Waals surface area contributed by atoms with Gasteiger partial charge in [-0.2, -0.15) is 0 Å². The second-order valence-electron chi connectivity index (χ2n) is 4.67. The minimum Gasteiger partial charge on any atom is -0.352 e. The maximum Gasteiger partial charge on any atom is 0.312 e. The maximum absolute atomic E-state index is 11.9. The average Bonchev–Trinajstić information content (AvgIpc) is 2.34. The standard InChI is InChI=1S/C11H22N4O2/c1-8(5-12)10(16)15-4-2-3-9(7-15)6-14-11(13)17/h8-9H,2-7,12H2,1H3,(H3,13,14,17). The number of nitrogens with two attached hydrogens (primary N) is 2. The molecule has 17 heavy (non-hydrogen) atoms. The first-order chi connectivity index (χ1) is 8.04. The molecule has 1 heterocycles. The Labute approximate surface area is 102 Å². The van der Waals surface area contributed by atoms with E-state index in [0.29, 0.717) is 25.6 Å². The molecule has 1 fully saturated rings. The molecule has 1 aliphatic heterocycles. The smallest absolute Gasteiger partial charge is 0.312 e. The molecule has 0 saturated carbocycles. The van der Waals surface area contributed by atoms with Crippen molar-refractivity contribution in [3.8, 4) is 0 Å². The molecule has 1 aliphatic rings. The molecule has 0 aliphatic carbocycles. The van der Waals surface area contributed by atoms with Crippen LogP contribution in [0.2, 0.25) is 0 Å². The van der Waals surface area contributed by atoms with Gasteiger partial charge in [-0.25, -0.2) is 4.79 Å². The van der Waals surface area contributed by atoms with Crippen molar-refractivity contribution in [3.05, 3.63) is 0 Å². The van der Waals surface area contributed by atoms with Crippen LogP contribution in [0.4, 0.5) is 4.79 Å². The Bertz CT molecular complexity index is 283. The van der Waals surface area contributed by atoms with Gasteiger partial charge in [0.15, 0.2) is 0 Å². The highest BCUT2D eigenvalue weighted by Crippen LogP contribution is 2.17. The number of nitrogens with zero attached hydrogens (tertiary/aromatic N) is 1. The lowest BCUT2D eigenvalue weighted by Crippen LogP contribution is -2.47. The molecule has 5 N–H and O–H groups in total. The van der Waals surface area contributed by atoms with Gasteiger partial charge in [-0.05, 0) is 18.8 Å². The van der Waals surface area contributed by atoms with E-state index < -0.39 is 6.03 Å². The molecule has 3 amide bonds. The fourth-order valence-corrected chi connectivity index (χ4v) is 2.09. The Hall–Kier alpha value is -1.30. The molecule has 0 radical (unpaired) electrons. The van der Waals surface area contributed by atoms with E-state index in [0.717, 1.165) is 19.4 Å². The van der Waals surface area contributed by atoms with Crippen molar-refractivity contribution in [3.63, 3.8) is 0 Å². The lowest BCUT2D eigenvalue weighted by Gasteiger charge is -2.34. The van der Waals surface area contributed by atoms with Gasteiger partial charge < -0.3 is 21.7 Å². The number of hydrogen-bond acceptors (Lipinski definition) is 3. The maximum atomic E-state index is 11.9. The van der Waals surface area contributed by atoms with Crippen LogP contribution in [-0.4, -0.2) is 43.0 Å². The van der Waals surface area contributed by atoms with Crippen molar-refractivity contribution < 1.29 is 9.59 Å². The molecule has 6 nitrogen and oxygen atoms in total. The number of primary amides is 1. The second-order valence-corrected chi connectivity index (χ2v) is 4.67. The highest BCUT2D eigenvalue weighted by atomic mass is 16.2. The molecule has 0 aromatic carbocycles. The summed E-state index contributed by atoms with van der Waals surface area (Å²) in [5, 5.41) is 2.59. The number of nitrogens with one attached hydrogen (secondary N) is 1. The van der Waals surface area contributed by atoms with Crippen molar-refractivity contribution in [2.45, 2.75) is 19.8 Å². The van der Waals surface area contributed by atoms with Gasteiger partial charge in [0.05, 0.1) is 0 Å². The van der Waals surface area contributed by atoms with Crippen LogP contribution in [0.3, 0.4) is 0 Å². The third-order valence-corrected chi connectivity index (χ3v) is 3.17. The molecule has 98 valence electrons. The molecule has 2 atom stereocenters. The minimum atomic E-state index is -0.510. The van der Waals surface area contributed by atoms with Gasteiger partial charge in [-0.1, -0.05) is 6.92 Å². The number of piperidine rings is 1. The first kappa shape index (κ1) is 13.8. The van der Waals surface area contributed by atoms with E-state index in [4.69, 9.17) is 11.5 Å². The first-order valence-electron chi connectivity index (χ1n) is 6.06. The number of rotatable bonds is 4. The van der Waals surface area contributed by atoms with Crippen LogP contribution in [0, 0.1) is 11.8 Å². The zero-order valence-corrected chi connectivity index (χ0v) is 10.3. The van der Waals surface area contributed by atoms with Crippen molar-refractivity contribution in [1.29, 1.82) is 0 Å². The molecule has 0 bridgehead atoms. The quantitative estimate of drug-likeness (QED) is 0.618. The van der Waals surface area contributed by atoms with E-state index in [9.17, 15) is 9.59 Å². The summed E-state index contributed by atoms with van der Waals surface area (Å²) in [4.78, 5) is 24.4. The largest absolute Gasteiger partial charge is 0.352 e. The predicted octanol–water partition coefficient (Wildman–Crippen LogP) is -0.512. The van der Waals surface area contributed by atoms with Gasteiger partial charge in [0.25, 0.3) is 0 Å². The summed E-state index contributed by atoms with van der Waals surface area (Å²) < 4.78 is 0. The van der Waals surface area contributed by atoms with E-state index >= 15 is 0 Å². The van der Waals surface area contributed by atoms with Crippen molar-refractivity contribution in [1.82, 2.24) is 10.2 Å². The number of likely N-dealkylation sites (tertiary alicyclic amines) is 1. The fraction of sp³-hybridized carbons (Fsp3) is 0.818. The van der Waals surface area contributed by atoms with Gasteiger partial charge >= 0.3 is 6.03 Å². The predicted molar refractivity (Wildman–Crippen MR) is 65.1 cm³/mol. The molecular formula is C11H22N4O2. The van der Waals surface area contributed by atoms with Crippen molar-refractivity contribution >= 4 is 11.9 Å². The Morgan fingerprint density at radius 3 is 2.82 bits per heavy atom. The lowest BCUT2D eigenvalue weighted by atomic mass is 9.96. The first-order valence-corrected chi connectivity index (χ1v) is 6.06. The Balaban J connectivity index is 2.43. The molecule has 1 rings (SSSR count). The van der Waals surface area contributed by atoms with Crippen LogP contribution < -0.4 is 16.8 Å². The van der Waals surface area contributed by atoms with Gasteiger partial charge in [-0.15, -0.1) is 0 Å². The fourth-order valence-electron chi connectivity index (χ4n) is 2.09. The lowest BCUT2D eigenvalue weighted by molar-refractivity contribution is -0.136. The molecule has 0 spiro atoms. The Kier molecular flexibility index (Phi) is 5.21. The molecular weight excluding hydrogens is 220 g/mol. The van der Waals surface area contributed by atoms with E-state index in [2.05, 4.69) is 5.32 Å². The van der Waals surface area contributed by atoms with Gasteiger partial charge in [0, 0.05) is 32.1 Å². The number of hydrogen-bond donors (Lipinski definition) is 3. The van der Waals surface area contributed by atoms with Gasteiger partial charge in [0.2, 0.25) is 5.91 Å². The number of carbonyl (C=O) groups excluding carboxylic acids is 2. The SMILES string of the molecule is CC(CN)C(=O)N1CCCC(CNC(N)=O)C1. The van der Waals surface area contributed by atoms with Gasteiger partial charge in [-0.3, -0.25) is 4.79 Å². The molecule has 0 aromatic heterocycles. The summed E-state index contributed by atoms with van der Waals surface area (Å²) in [6, 6.07) is -0.510. The normalized spacial score (nSPS) is 22.0. The zero-order valence-electron chi connectivity index (χ0n) is 10.3. The Morgan fingerprint density at radius 2 is 2.24 bits per heavy atom. The third kappa shape index (κ3) is 4.22. The van der Waals surface area contributed by atoms with Crippen LogP contribution in [-0.2, 0) is 4.79 Å².